The second-order valence-corrected chi connectivity index (χ2v) is 8.04. The molecule has 2 fully saturated rings. The summed E-state index contributed by atoms with van der Waals surface area (Å²) in [5.74, 6) is 0.935. The number of carbonyl (C=O) groups excluding carboxylic acids is 2. The van der Waals surface area contributed by atoms with Crippen molar-refractivity contribution in [1.29, 1.82) is 0 Å². The summed E-state index contributed by atoms with van der Waals surface area (Å²) in [6, 6.07) is 3.33. The van der Waals surface area contributed by atoms with Crippen LogP contribution in [0.4, 0.5) is 0 Å². The van der Waals surface area contributed by atoms with E-state index in [0.717, 1.165) is 19.5 Å². The van der Waals surface area contributed by atoms with Crippen molar-refractivity contribution in [2.75, 3.05) is 72.2 Å². The van der Waals surface area contributed by atoms with E-state index < -0.39 is 0 Å². The maximum atomic E-state index is 13.1. The highest BCUT2D eigenvalue weighted by Gasteiger charge is 2.27. The predicted octanol–water partition coefficient (Wildman–Crippen LogP) is 2.14. The van der Waals surface area contributed by atoms with Crippen LogP contribution in [-0.4, -0.2) is 98.8 Å². The van der Waals surface area contributed by atoms with Gasteiger partial charge < -0.3 is 24.0 Å². The molecule has 0 aromatic heterocycles. The summed E-state index contributed by atoms with van der Waals surface area (Å²) in [5, 5.41) is 0.363. The molecule has 1 aromatic rings. The van der Waals surface area contributed by atoms with E-state index in [1.54, 1.807) is 17.0 Å². The zero-order chi connectivity index (χ0) is 22.2. The summed E-state index contributed by atoms with van der Waals surface area (Å²) < 4.78 is 16.7. The molecule has 0 radical (unpaired) electrons. The highest BCUT2D eigenvalue weighted by Crippen LogP contribution is 2.37. The van der Waals surface area contributed by atoms with Crippen molar-refractivity contribution < 1.29 is 23.8 Å². The van der Waals surface area contributed by atoms with Crippen LogP contribution in [0.2, 0.25) is 5.02 Å². The van der Waals surface area contributed by atoms with Crippen LogP contribution < -0.4 is 9.47 Å². The highest BCUT2D eigenvalue weighted by atomic mass is 35.5. The lowest BCUT2D eigenvalue weighted by molar-refractivity contribution is -0.134. The van der Waals surface area contributed by atoms with Crippen LogP contribution in [0, 0.1) is 0 Å². The number of rotatable bonds is 8. The van der Waals surface area contributed by atoms with E-state index in [-0.39, 0.29) is 11.8 Å². The van der Waals surface area contributed by atoms with Crippen LogP contribution in [0.3, 0.4) is 0 Å². The molecule has 2 aliphatic heterocycles. The molecule has 3 rings (SSSR count). The van der Waals surface area contributed by atoms with Gasteiger partial charge in [-0.05, 0) is 25.5 Å². The van der Waals surface area contributed by atoms with Crippen LogP contribution in [0.5, 0.6) is 11.5 Å². The Balaban J connectivity index is 1.60. The van der Waals surface area contributed by atoms with E-state index in [4.69, 9.17) is 25.8 Å². The van der Waals surface area contributed by atoms with E-state index in [2.05, 4.69) is 4.90 Å². The number of nitrogens with zero attached hydrogens (tertiary/aromatic N) is 3. The first-order valence-corrected chi connectivity index (χ1v) is 11.4. The van der Waals surface area contributed by atoms with E-state index in [0.29, 0.717) is 81.2 Å². The second kappa shape index (κ2) is 11.5. The third-order valence-electron chi connectivity index (χ3n) is 5.39. The Kier molecular flexibility index (Phi) is 8.80. The molecule has 0 atom stereocenters. The summed E-state index contributed by atoms with van der Waals surface area (Å²) in [6.45, 7) is 10.2. The fourth-order valence-electron chi connectivity index (χ4n) is 3.69. The van der Waals surface area contributed by atoms with Crippen molar-refractivity contribution in [3.8, 4) is 11.5 Å². The Morgan fingerprint density at radius 2 is 1.68 bits per heavy atom. The van der Waals surface area contributed by atoms with Gasteiger partial charge in [0.05, 0.1) is 38.0 Å². The lowest BCUT2D eigenvalue weighted by Crippen LogP contribution is -2.53. The topological polar surface area (TPSA) is 71.6 Å². The molecule has 0 aliphatic carbocycles. The Labute approximate surface area is 189 Å². The quantitative estimate of drug-likeness (QED) is 0.600. The van der Waals surface area contributed by atoms with Gasteiger partial charge in [0, 0.05) is 44.8 Å². The van der Waals surface area contributed by atoms with E-state index in [1.165, 1.54) is 0 Å². The van der Waals surface area contributed by atoms with Crippen LogP contribution in [0.1, 0.15) is 30.6 Å². The van der Waals surface area contributed by atoms with Gasteiger partial charge in [-0.25, -0.2) is 0 Å². The average molecular weight is 454 g/mol. The van der Waals surface area contributed by atoms with Crippen LogP contribution in [-0.2, 0) is 9.53 Å². The number of carbonyl (C=O) groups is 2. The summed E-state index contributed by atoms with van der Waals surface area (Å²) in [4.78, 5) is 31.4. The molecule has 0 spiro atoms. The van der Waals surface area contributed by atoms with E-state index >= 15 is 0 Å². The minimum absolute atomic E-state index is 0.105. The Hall–Kier alpha value is -2.03. The normalized spacial score (nSPS) is 17.5. The van der Waals surface area contributed by atoms with Crippen molar-refractivity contribution in [2.24, 2.45) is 0 Å². The van der Waals surface area contributed by atoms with Crippen LogP contribution >= 0.6 is 11.6 Å². The van der Waals surface area contributed by atoms with Crippen LogP contribution in [0.15, 0.2) is 12.1 Å². The molecular weight excluding hydrogens is 422 g/mol. The monoisotopic (exact) mass is 453 g/mol. The number of hydrogen-bond donors (Lipinski definition) is 0. The molecule has 2 amide bonds. The molecule has 31 heavy (non-hydrogen) atoms. The Morgan fingerprint density at radius 1 is 1.00 bits per heavy atom. The summed E-state index contributed by atoms with van der Waals surface area (Å²) in [5.41, 5.74) is 0.463. The minimum Gasteiger partial charge on any atom is -0.490 e. The smallest absolute Gasteiger partial charge is 0.254 e. The summed E-state index contributed by atoms with van der Waals surface area (Å²) in [7, 11) is 0. The van der Waals surface area contributed by atoms with Gasteiger partial charge in [-0.2, -0.15) is 0 Å². The summed E-state index contributed by atoms with van der Waals surface area (Å²) in [6.07, 6.45) is 0.844. The SMILES string of the molecule is CCCOc1c(Cl)cc(C(=O)N2CCN(C(=O)CN3CCOCC3)CC2)cc1OCC. The fraction of sp³-hybridized carbons (Fsp3) is 0.636. The molecule has 0 unspecified atom stereocenters. The van der Waals surface area contributed by atoms with Crippen molar-refractivity contribution in [1.82, 2.24) is 14.7 Å². The Bertz CT molecular complexity index is 762. The lowest BCUT2D eigenvalue weighted by atomic mass is 10.1. The number of halogens is 1. The largest absolute Gasteiger partial charge is 0.490 e. The van der Waals surface area contributed by atoms with Gasteiger partial charge in [0.2, 0.25) is 5.91 Å². The van der Waals surface area contributed by atoms with Gasteiger partial charge in [0.15, 0.2) is 11.5 Å². The maximum Gasteiger partial charge on any atom is 0.254 e. The molecule has 0 N–H and O–H groups in total. The van der Waals surface area contributed by atoms with Gasteiger partial charge >= 0.3 is 0 Å². The van der Waals surface area contributed by atoms with Crippen molar-refractivity contribution in [2.45, 2.75) is 20.3 Å². The third-order valence-corrected chi connectivity index (χ3v) is 5.67. The van der Waals surface area contributed by atoms with Gasteiger partial charge in [-0.3, -0.25) is 14.5 Å². The maximum absolute atomic E-state index is 13.1. The predicted molar refractivity (Wildman–Crippen MR) is 118 cm³/mol. The van der Waals surface area contributed by atoms with Crippen molar-refractivity contribution in [3.63, 3.8) is 0 Å². The second-order valence-electron chi connectivity index (χ2n) is 7.63. The van der Waals surface area contributed by atoms with Crippen LogP contribution in [0.25, 0.3) is 0 Å². The summed E-state index contributed by atoms with van der Waals surface area (Å²) >= 11 is 6.40. The fourth-order valence-corrected chi connectivity index (χ4v) is 3.96. The minimum atomic E-state index is -0.120. The molecule has 2 saturated heterocycles. The van der Waals surface area contributed by atoms with Crippen molar-refractivity contribution in [3.05, 3.63) is 22.7 Å². The molecule has 2 heterocycles. The number of hydrogen-bond acceptors (Lipinski definition) is 6. The first kappa shape index (κ1) is 23.6. The number of ether oxygens (including phenoxy) is 3. The van der Waals surface area contributed by atoms with Gasteiger partial charge in [0.25, 0.3) is 5.91 Å². The number of morpholine rings is 1. The zero-order valence-electron chi connectivity index (χ0n) is 18.4. The molecule has 0 saturated carbocycles. The molecule has 2 aliphatic rings. The molecule has 9 heteroatoms. The van der Waals surface area contributed by atoms with Gasteiger partial charge in [0.1, 0.15) is 0 Å². The molecule has 0 bridgehead atoms. The van der Waals surface area contributed by atoms with Gasteiger partial charge in [-0.1, -0.05) is 18.5 Å². The standard InChI is InChI=1S/C22H32ClN3O5/c1-3-11-31-21-18(23)14-17(15-19(21)30-4-2)22(28)26-7-5-25(6-8-26)20(27)16-24-9-12-29-13-10-24/h14-15H,3-13,16H2,1-2H3. The first-order chi connectivity index (χ1) is 15.0. The Morgan fingerprint density at radius 3 is 2.32 bits per heavy atom. The molecular formula is C22H32ClN3O5. The lowest BCUT2D eigenvalue weighted by Gasteiger charge is -2.36. The molecule has 172 valence electrons. The van der Waals surface area contributed by atoms with Gasteiger partial charge in [-0.15, -0.1) is 0 Å². The number of piperazine rings is 1. The third kappa shape index (κ3) is 6.24. The van der Waals surface area contributed by atoms with E-state index in [1.807, 2.05) is 18.7 Å². The van der Waals surface area contributed by atoms with Crippen molar-refractivity contribution >= 4 is 23.4 Å². The highest BCUT2D eigenvalue weighted by molar-refractivity contribution is 6.32. The van der Waals surface area contributed by atoms with E-state index in [9.17, 15) is 9.59 Å². The first-order valence-electron chi connectivity index (χ1n) is 11.0. The molecule has 1 aromatic carbocycles. The zero-order valence-corrected chi connectivity index (χ0v) is 19.2. The average Bonchev–Trinajstić information content (AvgIpc) is 2.79. The number of benzene rings is 1. The molecule has 8 nitrogen and oxygen atoms in total. The number of amides is 2.